The van der Waals surface area contributed by atoms with E-state index in [0.717, 1.165) is 23.3 Å². The Bertz CT molecular complexity index is 837. The van der Waals surface area contributed by atoms with Crippen molar-refractivity contribution in [2.24, 2.45) is 17.8 Å². The molecule has 27 heavy (non-hydrogen) atoms. The van der Waals surface area contributed by atoms with Crippen LogP contribution in [-0.4, -0.2) is 23.2 Å². The van der Waals surface area contributed by atoms with Crippen LogP contribution in [0.15, 0.2) is 36.4 Å². The Balaban J connectivity index is 1.33. The van der Waals surface area contributed by atoms with Gasteiger partial charge in [-0.05, 0) is 67.9 Å². The summed E-state index contributed by atoms with van der Waals surface area (Å²) in [6, 6.07) is 9.88. The summed E-state index contributed by atoms with van der Waals surface area (Å²) in [6.07, 6.45) is 11.6. The summed E-state index contributed by atoms with van der Waals surface area (Å²) < 4.78 is 0. The third-order valence-corrected chi connectivity index (χ3v) is 7.99. The predicted octanol–water partition coefficient (Wildman–Crippen LogP) is 4.68. The zero-order valence-electron chi connectivity index (χ0n) is 15.7. The zero-order valence-corrected chi connectivity index (χ0v) is 16.5. The fourth-order valence-electron chi connectivity index (χ4n) is 5.88. The van der Waals surface area contributed by atoms with Gasteiger partial charge in [0.05, 0.1) is 0 Å². The number of likely N-dealkylation sites (N-methyl/N-ethyl adjacent to an activating group) is 1. The van der Waals surface area contributed by atoms with E-state index in [1.54, 1.807) is 29.4 Å². The molecule has 2 aromatic rings. The number of anilines is 1. The molecule has 4 fully saturated rings. The zero-order chi connectivity index (χ0) is 18.4. The normalized spacial score (nSPS) is 31.5. The average molecular weight is 380 g/mol. The van der Waals surface area contributed by atoms with Crippen LogP contribution in [0.2, 0.25) is 0 Å². The summed E-state index contributed by atoms with van der Waals surface area (Å²) in [7, 11) is 1.79. The first-order valence-electron chi connectivity index (χ1n) is 9.96. The Hall–Kier alpha value is -2.01. The first-order chi connectivity index (χ1) is 13.1. The number of benzene rings is 1. The summed E-state index contributed by atoms with van der Waals surface area (Å²) in [5.74, 6) is 2.59. The molecule has 1 amide bonds. The van der Waals surface area contributed by atoms with E-state index < -0.39 is 0 Å². The third-order valence-electron chi connectivity index (χ3n) is 6.74. The molecule has 4 aliphatic rings. The molecule has 4 saturated carbocycles. The van der Waals surface area contributed by atoms with Gasteiger partial charge in [0.1, 0.15) is 5.01 Å². The van der Waals surface area contributed by atoms with Gasteiger partial charge in [-0.1, -0.05) is 41.7 Å². The van der Waals surface area contributed by atoms with Gasteiger partial charge >= 0.3 is 0 Å². The average Bonchev–Trinajstić information content (AvgIpc) is 3.16. The van der Waals surface area contributed by atoms with Crippen molar-refractivity contribution < 1.29 is 4.79 Å². The highest BCUT2D eigenvalue weighted by molar-refractivity contribution is 7.15. The molecule has 4 bridgehead atoms. The van der Waals surface area contributed by atoms with Crippen molar-refractivity contribution in [1.29, 1.82) is 0 Å². The molecular formula is C22H25N3OS. The second-order valence-corrected chi connectivity index (χ2v) is 9.68. The molecule has 4 aliphatic carbocycles. The van der Waals surface area contributed by atoms with E-state index in [9.17, 15) is 4.79 Å². The van der Waals surface area contributed by atoms with Crippen LogP contribution in [0, 0.1) is 17.8 Å². The number of rotatable bonds is 4. The second-order valence-electron chi connectivity index (χ2n) is 8.73. The second kappa shape index (κ2) is 6.55. The number of carbonyl (C=O) groups is 1. The van der Waals surface area contributed by atoms with Gasteiger partial charge in [-0.3, -0.25) is 9.69 Å². The van der Waals surface area contributed by atoms with Crippen LogP contribution in [0.1, 0.15) is 49.1 Å². The van der Waals surface area contributed by atoms with E-state index in [-0.39, 0.29) is 11.3 Å². The van der Waals surface area contributed by atoms with Crippen molar-refractivity contribution in [3.63, 3.8) is 0 Å². The molecule has 1 heterocycles. The Morgan fingerprint density at radius 1 is 1.07 bits per heavy atom. The van der Waals surface area contributed by atoms with Crippen LogP contribution in [0.3, 0.4) is 0 Å². The predicted molar refractivity (Wildman–Crippen MR) is 109 cm³/mol. The highest BCUT2D eigenvalue weighted by Crippen LogP contribution is 2.61. The van der Waals surface area contributed by atoms with Crippen LogP contribution in [0.5, 0.6) is 0 Å². The summed E-state index contributed by atoms with van der Waals surface area (Å²) in [4.78, 5) is 14.2. The van der Waals surface area contributed by atoms with Crippen molar-refractivity contribution in [1.82, 2.24) is 10.2 Å². The number of amides is 1. The lowest BCUT2D eigenvalue weighted by atomic mass is 9.50. The molecule has 0 saturated heterocycles. The van der Waals surface area contributed by atoms with Crippen molar-refractivity contribution in [3.05, 3.63) is 47.0 Å². The Kier molecular flexibility index (Phi) is 4.15. The fourth-order valence-corrected chi connectivity index (χ4v) is 6.91. The van der Waals surface area contributed by atoms with Gasteiger partial charge in [-0.25, -0.2) is 0 Å². The highest BCUT2D eigenvalue weighted by Gasteiger charge is 2.53. The lowest BCUT2D eigenvalue weighted by Gasteiger charge is -2.55. The molecule has 5 heteroatoms. The standard InChI is InChI=1S/C22H25N3OS/c1-25(19(26)8-7-15-5-3-2-4-6-15)21-24-23-20(27-21)22-12-16-9-17(13-22)11-18(10-16)14-22/h2-8,16-18H,9-14H2,1H3. The Labute approximate surface area is 164 Å². The molecule has 0 N–H and O–H groups in total. The summed E-state index contributed by atoms with van der Waals surface area (Å²) in [5.41, 5.74) is 1.26. The van der Waals surface area contributed by atoms with E-state index in [1.165, 1.54) is 43.5 Å². The van der Waals surface area contributed by atoms with Gasteiger partial charge < -0.3 is 0 Å². The minimum absolute atomic E-state index is 0.0629. The topological polar surface area (TPSA) is 46.1 Å². The van der Waals surface area contributed by atoms with Crippen molar-refractivity contribution in [2.75, 3.05) is 11.9 Å². The largest absolute Gasteiger partial charge is 0.286 e. The summed E-state index contributed by atoms with van der Waals surface area (Å²) in [5, 5.41) is 10.8. The third kappa shape index (κ3) is 3.12. The van der Waals surface area contributed by atoms with Crippen molar-refractivity contribution >= 4 is 28.5 Å². The SMILES string of the molecule is CN(C(=O)C=Cc1ccccc1)c1nnc(C23CC4CC(CC(C4)C2)C3)s1. The molecule has 0 radical (unpaired) electrons. The lowest BCUT2D eigenvalue weighted by molar-refractivity contribution is -0.113. The van der Waals surface area contributed by atoms with Crippen LogP contribution >= 0.6 is 11.3 Å². The minimum Gasteiger partial charge on any atom is -0.286 e. The number of aromatic nitrogens is 2. The van der Waals surface area contributed by atoms with Gasteiger partial charge in [0.2, 0.25) is 5.13 Å². The maximum Gasteiger partial charge on any atom is 0.252 e. The van der Waals surface area contributed by atoms with Gasteiger partial charge in [-0.15, -0.1) is 10.2 Å². The highest BCUT2D eigenvalue weighted by atomic mass is 32.1. The monoisotopic (exact) mass is 379 g/mol. The van der Waals surface area contributed by atoms with Crippen molar-refractivity contribution in [3.8, 4) is 0 Å². The maximum atomic E-state index is 12.6. The molecule has 4 nitrogen and oxygen atoms in total. The van der Waals surface area contributed by atoms with Gasteiger partial charge in [0.25, 0.3) is 5.91 Å². The summed E-state index contributed by atoms with van der Waals surface area (Å²) in [6.45, 7) is 0. The van der Waals surface area contributed by atoms with Crippen LogP contribution < -0.4 is 4.90 Å². The molecule has 0 spiro atoms. The van der Waals surface area contributed by atoms with Gasteiger partial charge in [0, 0.05) is 18.5 Å². The lowest BCUT2D eigenvalue weighted by Crippen LogP contribution is -2.48. The molecule has 0 aliphatic heterocycles. The first kappa shape index (κ1) is 17.1. The quantitative estimate of drug-likeness (QED) is 0.725. The molecule has 6 rings (SSSR count). The Morgan fingerprint density at radius 2 is 1.70 bits per heavy atom. The molecule has 1 aromatic heterocycles. The number of hydrogen-bond acceptors (Lipinski definition) is 4. The first-order valence-corrected chi connectivity index (χ1v) is 10.8. The molecule has 0 atom stereocenters. The van der Waals surface area contributed by atoms with Crippen molar-refractivity contribution in [2.45, 2.75) is 43.9 Å². The smallest absolute Gasteiger partial charge is 0.252 e. The minimum atomic E-state index is -0.0629. The molecule has 1 aromatic carbocycles. The van der Waals surface area contributed by atoms with Gasteiger partial charge in [0.15, 0.2) is 0 Å². The fraction of sp³-hybridized carbons (Fsp3) is 0.500. The van der Waals surface area contributed by atoms with Crippen LogP contribution in [0.25, 0.3) is 6.08 Å². The van der Waals surface area contributed by atoms with E-state index in [2.05, 4.69) is 10.2 Å². The molecule has 0 unspecified atom stereocenters. The Morgan fingerprint density at radius 3 is 2.33 bits per heavy atom. The number of hydrogen-bond donors (Lipinski definition) is 0. The molecule has 140 valence electrons. The number of carbonyl (C=O) groups excluding carboxylic acids is 1. The van der Waals surface area contributed by atoms with E-state index in [4.69, 9.17) is 0 Å². The van der Waals surface area contributed by atoms with Crippen LogP contribution in [0.4, 0.5) is 5.13 Å². The van der Waals surface area contributed by atoms with E-state index >= 15 is 0 Å². The summed E-state index contributed by atoms with van der Waals surface area (Å²) >= 11 is 1.63. The van der Waals surface area contributed by atoms with E-state index in [0.29, 0.717) is 5.13 Å². The number of nitrogens with zero attached hydrogens (tertiary/aromatic N) is 3. The maximum absolute atomic E-state index is 12.6. The van der Waals surface area contributed by atoms with E-state index in [1.807, 2.05) is 36.4 Å². The van der Waals surface area contributed by atoms with Gasteiger partial charge in [-0.2, -0.15) is 0 Å². The molecular weight excluding hydrogens is 354 g/mol. The van der Waals surface area contributed by atoms with Crippen LogP contribution in [-0.2, 0) is 10.2 Å².